The molecule has 2 unspecified atom stereocenters. The summed E-state index contributed by atoms with van der Waals surface area (Å²) < 4.78 is 0. The van der Waals surface area contributed by atoms with E-state index in [1.807, 2.05) is 13.8 Å². The van der Waals surface area contributed by atoms with Gasteiger partial charge in [0.05, 0.1) is 5.41 Å². The number of carboxylic acid groups (broad SMARTS) is 1. The minimum atomic E-state index is -0.932. The minimum Gasteiger partial charge on any atom is -0.480 e. The molecule has 1 saturated heterocycles. The molecule has 0 aromatic heterocycles. The molecule has 104 valence electrons. The van der Waals surface area contributed by atoms with Gasteiger partial charge in [-0.3, -0.25) is 4.79 Å². The second kappa shape index (κ2) is 5.69. The van der Waals surface area contributed by atoms with Crippen LogP contribution in [0, 0.1) is 11.3 Å². The van der Waals surface area contributed by atoms with Gasteiger partial charge in [-0.1, -0.05) is 20.8 Å². The second-order valence-electron chi connectivity index (χ2n) is 5.42. The minimum absolute atomic E-state index is 0.0447. The Hall–Kier alpha value is -1.10. The summed E-state index contributed by atoms with van der Waals surface area (Å²) in [5, 5.41) is 12.4. The first-order valence-corrected chi connectivity index (χ1v) is 6.57. The topological polar surface area (TPSA) is 69.6 Å². The van der Waals surface area contributed by atoms with Gasteiger partial charge in [-0.05, 0) is 25.3 Å². The molecule has 2 atom stereocenters. The average Bonchev–Trinajstić information content (AvgIpc) is 2.78. The van der Waals surface area contributed by atoms with Crippen molar-refractivity contribution >= 4 is 11.9 Å². The predicted molar refractivity (Wildman–Crippen MR) is 69.2 cm³/mol. The molecule has 2 N–H and O–H groups in total. The van der Waals surface area contributed by atoms with E-state index in [1.54, 1.807) is 14.0 Å². The van der Waals surface area contributed by atoms with E-state index in [0.29, 0.717) is 13.0 Å². The molecule has 1 rings (SSSR count). The highest BCUT2D eigenvalue weighted by atomic mass is 16.4. The number of carbonyl (C=O) groups is 2. The van der Waals surface area contributed by atoms with Crippen molar-refractivity contribution in [1.82, 2.24) is 10.2 Å². The summed E-state index contributed by atoms with van der Waals surface area (Å²) >= 11 is 0. The number of carboxylic acids is 1. The van der Waals surface area contributed by atoms with Gasteiger partial charge >= 0.3 is 5.97 Å². The van der Waals surface area contributed by atoms with Crippen LogP contribution in [0.5, 0.6) is 0 Å². The molecule has 1 amide bonds. The van der Waals surface area contributed by atoms with Crippen molar-refractivity contribution in [3.8, 4) is 0 Å². The number of rotatable bonds is 5. The third kappa shape index (κ3) is 2.51. The normalized spacial score (nSPS) is 25.2. The maximum atomic E-state index is 12.6. The lowest BCUT2D eigenvalue weighted by Crippen LogP contribution is -2.52. The first-order valence-electron chi connectivity index (χ1n) is 6.57. The molecule has 1 fully saturated rings. The smallest absolute Gasteiger partial charge is 0.326 e. The van der Waals surface area contributed by atoms with Crippen molar-refractivity contribution in [2.75, 3.05) is 20.1 Å². The molecule has 0 aliphatic carbocycles. The molecule has 5 nitrogen and oxygen atoms in total. The van der Waals surface area contributed by atoms with Gasteiger partial charge in [0.2, 0.25) is 5.91 Å². The summed E-state index contributed by atoms with van der Waals surface area (Å²) in [6.45, 7) is 7.31. The largest absolute Gasteiger partial charge is 0.480 e. The van der Waals surface area contributed by atoms with Crippen molar-refractivity contribution in [2.24, 2.45) is 11.3 Å². The Bertz CT molecular complexity index is 322. The van der Waals surface area contributed by atoms with Crippen LogP contribution in [-0.4, -0.2) is 48.1 Å². The Balaban J connectivity index is 2.93. The fraction of sp³-hybridized carbons (Fsp3) is 0.846. The lowest BCUT2D eigenvalue weighted by molar-refractivity contribution is -0.155. The van der Waals surface area contributed by atoms with Crippen molar-refractivity contribution in [3.63, 3.8) is 0 Å². The first-order chi connectivity index (χ1) is 8.36. The zero-order valence-electron chi connectivity index (χ0n) is 11.7. The van der Waals surface area contributed by atoms with Crippen LogP contribution >= 0.6 is 0 Å². The van der Waals surface area contributed by atoms with Crippen LogP contribution in [0.25, 0.3) is 0 Å². The summed E-state index contributed by atoms with van der Waals surface area (Å²) in [5.74, 6) is -0.774. The first kappa shape index (κ1) is 15.0. The molecule has 18 heavy (non-hydrogen) atoms. The number of aliphatic carboxylic acids is 1. The molecular formula is C13H24N2O3. The van der Waals surface area contributed by atoms with Gasteiger partial charge in [0.1, 0.15) is 6.04 Å². The summed E-state index contributed by atoms with van der Waals surface area (Å²) in [6, 6.07) is -0.728. The van der Waals surface area contributed by atoms with E-state index in [9.17, 15) is 9.59 Å². The van der Waals surface area contributed by atoms with Gasteiger partial charge in [-0.15, -0.1) is 0 Å². The van der Waals surface area contributed by atoms with Gasteiger partial charge < -0.3 is 15.3 Å². The zero-order chi connectivity index (χ0) is 13.9. The lowest BCUT2D eigenvalue weighted by atomic mass is 9.75. The fourth-order valence-corrected chi connectivity index (χ4v) is 2.74. The molecule has 0 saturated carbocycles. The number of carbonyl (C=O) groups excluding carboxylic acids is 1. The second-order valence-corrected chi connectivity index (χ2v) is 5.42. The maximum absolute atomic E-state index is 12.6. The number of nitrogens with zero attached hydrogens (tertiary/aromatic N) is 1. The molecule has 0 spiro atoms. The highest BCUT2D eigenvalue weighted by Crippen LogP contribution is 2.36. The lowest BCUT2D eigenvalue weighted by Gasteiger charge is -2.37. The molecule has 0 bridgehead atoms. The number of hydrogen-bond donors (Lipinski definition) is 2. The summed E-state index contributed by atoms with van der Waals surface area (Å²) in [4.78, 5) is 25.2. The maximum Gasteiger partial charge on any atom is 0.326 e. The Morgan fingerprint density at radius 3 is 2.39 bits per heavy atom. The Labute approximate surface area is 109 Å². The van der Waals surface area contributed by atoms with Crippen LogP contribution < -0.4 is 5.32 Å². The summed E-state index contributed by atoms with van der Waals surface area (Å²) in [5.41, 5.74) is -0.447. The molecule has 5 heteroatoms. The number of likely N-dealkylation sites (N-methyl/N-ethyl adjacent to an activating group) is 1. The molecule has 0 aromatic rings. The van der Waals surface area contributed by atoms with Gasteiger partial charge in [-0.2, -0.15) is 0 Å². The molecule has 0 aromatic carbocycles. The van der Waals surface area contributed by atoms with Crippen LogP contribution in [0.3, 0.4) is 0 Å². The molecule has 1 aliphatic rings. The molecule has 1 aliphatic heterocycles. The monoisotopic (exact) mass is 256 g/mol. The molecular weight excluding hydrogens is 232 g/mol. The molecule has 1 heterocycles. The van der Waals surface area contributed by atoms with Crippen molar-refractivity contribution in [3.05, 3.63) is 0 Å². The third-order valence-electron chi connectivity index (χ3n) is 4.18. The van der Waals surface area contributed by atoms with Crippen molar-refractivity contribution in [2.45, 2.75) is 39.7 Å². The van der Waals surface area contributed by atoms with E-state index in [4.69, 9.17) is 5.11 Å². The number of nitrogens with one attached hydrogen (secondary N) is 1. The van der Waals surface area contributed by atoms with Gasteiger partial charge in [0.15, 0.2) is 0 Å². The predicted octanol–water partition coefficient (Wildman–Crippen LogP) is 0.944. The van der Waals surface area contributed by atoms with E-state index < -0.39 is 17.4 Å². The zero-order valence-corrected chi connectivity index (χ0v) is 11.7. The summed E-state index contributed by atoms with van der Waals surface area (Å²) in [7, 11) is 1.60. The van der Waals surface area contributed by atoms with E-state index in [0.717, 1.165) is 13.0 Å². The van der Waals surface area contributed by atoms with Crippen molar-refractivity contribution in [1.29, 1.82) is 0 Å². The van der Waals surface area contributed by atoms with E-state index in [2.05, 4.69) is 5.32 Å². The van der Waals surface area contributed by atoms with Crippen molar-refractivity contribution < 1.29 is 14.7 Å². The summed E-state index contributed by atoms with van der Waals surface area (Å²) in [6.07, 6.45) is 1.21. The Morgan fingerprint density at radius 1 is 1.44 bits per heavy atom. The van der Waals surface area contributed by atoms with E-state index >= 15 is 0 Å². The quantitative estimate of drug-likeness (QED) is 0.768. The third-order valence-corrected chi connectivity index (χ3v) is 4.18. The SMILES string of the molecule is CCC(C(=O)O)N(C)C(=O)C1(C(C)C)CCNC1. The van der Waals surface area contributed by atoms with Crippen LogP contribution in [0.4, 0.5) is 0 Å². The fourth-order valence-electron chi connectivity index (χ4n) is 2.74. The van der Waals surface area contributed by atoms with Gasteiger partial charge in [-0.25, -0.2) is 4.79 Å². The van der Waals surface area contributed by atoms with Crippen LogP contribution in [0.1, 0.15) is 33.6 Å². The number of amides is 1. The standard InChI is InChI=1S/C13H24N2O3/c1-5-10(11(16)17)15(4)12(18)13(9(2)3)6-7-14-8-13/h9-10,14H,5-8H2,1-4H3,(H,16,17). The van der Waals surface area contributed by atoms with Crippen LogP contribution in [0.15, 0.2) is 0 Å². The highest BCUT2D eigenvalue weighted by Gasteiger charge is 2.46. The molecule has 0 radical (unpaired) electrons. The van der Waals surface area contributed by atoms with Crippen LogP contribution in [0.2, 0.25) is 0 Å². The van der Waals surface area contributed by atoms with Crippen LogP contribution in [-0.2, 0) is 9.59 Å². The highest BCUT2D eigenvalue weighted by molar-refractivity contribution is 5.88. The van der Waals surface area contributed by atoms with E-state index in [-0.39, 0.29) is 11.8 Å². The average molecular weight is 256 g/mol. The number of hydrogen-bond acceptors (Lipinski definition) is 3. The van der Waals surface area contributed by atoms with Gasteiger partial charge in [0, 0.05) is 13.6 Å². The Morgan fingerprint density at radius 2 is 2.06 bits per heavy atom. The Kier molecular flexibility index (Phi) is 4.73. The van der Waals surface area contributed by atoms with E-state index in [1.165, 1.54) is 4.90 Å². The van der Waals surface area contributed by atoms with Gasteiger partial charge in [0.25, 0.3) is 0 Å².